The van der Waals surface area contributed by atoms with Crippen molar-refractivity contribution >= 4 is 9.84 Å². The zero-order valence-electron chi connectivity index (χ0n) is 10.8. The second kappa shape index (κ2) is 5.43. The van der Waals surface area contributed by atoms with Gasteiger partial charge < -0.3 is 0 Å². The normalized spacial score (nSPS) is 11.1. The average Bonchev–Trinajstić information content (AvgIpc) is 2.38. The van der Waals surface area contributed by atoms with Crippen LogP contribution < -0.4 is 0 Å². The standard InChI is InChI=1S/C15H12FNO2S/c1-20(18,19)13-5-3-12(4-6-13)14-7-2-11(8-9-17)10-15(14)16/h2-7,10H,8H2,1H3. The van der Waals surface area contributed by atoms with Gasteiger partial charge in [0, 0.05) is 11.8 Å². The van der Waals surface area contributed by atoms with E-state index in [-0.39, 0.29) is 11.3 Å². The summed E-state index contributed by atoms with van der Waals surface area (Å²) in [5.41, 5.74) is 1.59. The van der Waals surface area contributed by atoms with E-state index in [0.717, 1.165) is 6.26 Å². The zero-order chi connectivity index (χ0) is 14.8. The molecule has 3 nitrogen and oxygen atoms in total. The van der Waals surface area contributed by atoms with E-state index in [4.69, 9.17) is 5.26 Å². The van der Waals surface area contributed by atoms with E-state index >= 15 is 0 Å². The van der Waals surface area contributed by atoms with Gasteiger partial charge in [-0.15, -0.1) is 0 Å². The second-order valence-corrected chi connectivity index (χ2v) is 6.46. The van der Waals surface area contributed by atoms with Crippen molar-refractivity contribution in [3.05, 3.63) is 53.8 Å². The number of halogens is 1. The van der Waals surface area contributed by atoms with Crippen LogP contribution in [0.2, 0.25) is 0 Å². The molecule has 2 rings (SSSR count). The highest BCUT2D eigenvalue weighted by Gasteiger charge is 2.09. The molecule has 0 amide bonds. The largest absolute Gasteiger partial charge is 0.224 e. The Morgan fingerprint density at radius 1 is 1.15 bits per heavy atom. The topological polar surface area (TPSA) is 57.9 Å². The summed E-state index contributed by atoms with van der Waals surface area (Å²) < 4.78 is 36.7. The van der Waals surface area contributed by atoms with E-state index in [2.05, 4.69) is 0 Å². The van der Waals surface area contributed by atoms with Gasteiger partial charge in [0.05, 0.1) is 17.4 Å². The Labute approximate surface area is 117 Å². The van der Waals surface area contributed by atoms with Crippen LogP contribution >= 0.6 is 0 Å². The van der Waals surface area contributed by atoms with Gasteiger partial charge in [0.2, 0.25) is 0 Å². The molecular weight excluding hydrogens is 277 g/mol. The lowest BCUT2D eigenvalue weighted by Crippen LogP contribution is -1.96. The van der Waals surface area contributed by atoms with Crippen molar-refractivity contribution in [1.82, 2.24) is 0 Å². The minimum atomic E-state index is -3.26. The van der Waals surface area contributed by atoms with Crippen molar-refractivity contribution in [3.8, 4) is 17.2 Å². The fraction of sp³-hybridized carbons (Fsp3) is 0.133. The van der Waals surface area contributed by atoms with Crippen LogP contribution in [0.4, 0.5) is 4.39 Å². The molecule has 0 unspecified atom stereocenters. The molecule has 0 saturated heterocycles. The molecule has 5 heteroatoms. The molecule has 0 heterocycles. The number of nitriles is 1. The lowest BCUT2D eigenvalue weighted by molar-refractivity contribution is 0.602. The summed E-state index contributed by atoms with van der Waals surface area (Å²) in [4.78, 5) is 0.197. The lowest BCUT2D eigenvalue weighted by Gasteiger charge is -2.06. The molecule has 102 valence electrons. The molecule has 0 radical (unpaired) electrons. The molecule has 0 fully saturated rings. The smallest absolute Gasteiger partial charge is 0.175 e. The van der Waals surface area contributed by atoms with Crippen LogP contribution in [0, 0.1) is 17.1 Å². The molecular formula is C15H12FNO2S. The van der Waals surface area contributed by atoms with E-state index in [1.54, 1.807) is 24.3 Å². The molecule has 2 aromatic rings. The third-order valence-electron chi connectivity index (χ3n) is 2.91. The number of sulfone groups is 1. The Morgan fingerprint density at radius 2 is 1.80 bits per heavy atom. The van der Waals surface area contributed by atoms with Gasteiger partial charge in [-0.3, -0.25) is 0 Å². The Hall–Kier alpha value is -2.19. The highest BCUT2D eigenvalue weighted by atomic mass is 32.2. The summed E-state index contributed by atoms with van der Waals surface area (Å²) in [6.07, 6.45) is 1.28. The van der Waals surface area contributed by atoms with E-state index in [1.165, 1.54) is 18.2 Å². The fourth-order valence-electron chi connectivity index (χ4n) is 1.88. The molecule has 0 bridgehead atoms. The van der Waals surface area contributed by atoms with Crippen LogP contribution in [0.5, 0.6) is 0 Å². The van der Waals surface area contributed by atoms with Crippen LogP contribution in [-0.2, 0) is 16.3 Å². The van der Waals surface area contributed by atoms with Crippen LogP contribution in [0.15, 0.2) is 47.4 Å². The minimum Gasteiger partial charge on any atom is -0.224 e. The van der Waals surface area contributed by atoms with Gasteiger partial charge in [0.25, 0.3) is 0 Å². The Morgan fingerprint density at radius 3 is 2.30 bits per heavy atom. The molecule has 0 atom stereocenters. The zero-order valence-corrected chi connectivity index (χ0v) is 11.6. The van der Waals surface area contributed by atoms with Crippen LogP contribution in [0.3, 0.4) is 0 Å². The van der Waals surface area contributed by atoms with Crippen molar-refractivity contribution in [2.45, 2.75) is 11.3 Å². The van der Waals surface area contributed by atoms with Crippen molar-refractivity contribution in [2.75, 3.05) is 6.26 Å². The van der Waals surface area contributed by atoms with Crippen molar-refractivity contribution in [1.29, 1.82) is 5.26 Å². The average molecular weight is 289 g/mol. The van der Waals surface area contributed by atoms with Crippen molar-refractivity contribution in [3.63, 3.8) is 0 Å². The first kappa shape index (κ1) is 14.2. The van der Waals surface area contributed by atoms with Gasteiger partial charge in [0.15, 0.2) is 9.84 Å². The van der Waals surface area contributed by atoms with Gasteiger partial charge >= 0.3 is 0 Å². The maximum absolute atomic E-state index is 14.0. The molecule has 0 aromatic heterocycles. The summed E-state index contributed by atoms with van der Waals surface area (Å²) in [5, 5.41) is 8.57. The van der Waals surface area contributed by atoms with Gasteiger partial charge in [-0.1, -0.05) is 24.3 Å². The van der Waals surface area contributed by atoms with Crippen molar-refractivity contribution in [2.24, 2.45) is 0 Å². The quantitative estimate of drug-likeness (QED) is 0.872. The second-order valence-electron chi connectivity index (χ2n) is 4.45. The Bertz CT molecular complexity index is 775. The van der Waals surface area contributed by atoms with E-state index in [0.29, 0.717) is 16.7 Å². The molecule has 0 aliphatic heterocycles. The predicted octanol–water partition coefficient (Wildman–Crippen LogP) is 2.96. The first-order valence-electron chi connectivity index (χ1n) is 5.87. The van der Waals surface area contributed by atoms with Crippen LogP contribution in [-0.4, -0.2) is 14.7 Å². The maximum atomic E-state index is 14.0. The summed E-state index contributed by atoms with van der Waals surface area (Å²) in [5.74, 6) is -0.426. The first-order chi connectivity index (χ1) is 9.41. The highest BCUT2D eigenvalue weighted by Crippen LogP contribution is 2.25. The van der Waals surface area contributed by atoms with Gasteiger partial charge in [-0.2, -0.15) is 5.26 Å². The Balaban J connectivity index is 2.40. The molecule has 0 N–H and O–H groups in total. The van der Waals surface area contributed by atoms with Gasteiger partial charge in [-0.05, 0) is 29.3 Å². The summed E-state index contributed by atoms with van der Waals surface area (Å²) in [6, 6.07) is 12.6. The van der Waals surface area contributed by atoms with Gasteiger partial charge in [-0.25, -0.2) is 12.8 Å². The third-order valence-corrected chi connectivity index (χ3v) is 4.04. The number of hydrogen-bond donors (Lipinski definition) is 0. The molecule has 0 aliphatic rings. The minimum absolute atomic E-state index is 0.157. The molecule has 2 aromatic carbocycles. The molecule has 0 spiro atoms. The van der Waals surface area contributed by atoms with Gasteiger partial charge in [0.1, 0.15) is 5.82 Å². The molecule has 0 saturated carbocycles. The Kier molecular flexibility index (Phi) is 3.86. The summed E-state index contributed by atoms with van der Waals surface area (Å²) in [6.45, 7) is 0. The molecule has 0 aliphatic carbocycles. The van der Waals surface area contributed by atoms with Crippen LogP contribution in [0.1, 0.15) is 5.56 Å². The van der Waals surface area contributed by atoms with E-state index in [1.807, 2.05) is 6.07 Å². The van der Waals surface area contributed by atoms with Crippen molar-refractivity contribution < 1.29 is 12.8 Å². The highest BCUT2D eigenvalue weighted by molar-refractivity contribution is 7.90. The third kappa shape index (κ3) is 3.03. The monoisotopic (exact) mass is 289 g/mol. The number of rotatable bonds is 3. The predicted molar refractivity (Wildman–Crippen MR) is 74.3 cm³/mol. The first-order valence-corrected chi connectivity index (χ1v) is 7.77. The lowest BCUT2D eigenvalue weighted by atomic mass is 10.0. The number of nitrogens with zero attached hydrogens (tertiary/aromatic N) is 1. The summed E-state index contributed by atoms with van der Waals surface area (Å²) in [7, 11) is -3.26. The van der Waals surface area contributed by atoms with E-state index < -0.39 is 15.7 Å². The van der Waals surface area contributed by atoms with E-state index in [9.17, 15) is 12.8 Å². The summed E-state index contributed by atoms with van der Waals surface area (Å²) >= 11 is 0. The molecule has 20 heavy (non-hydrogen) atoms. The number of benzene rings is 2. The number of hydrogen-bond acceptors (Lipinski definition) is 3. The SMILES string of the molecule is CS(=O)(=O)c1ccc(-c2ccc(CC#N)cc2F)cc1. The van der Waals surface area contributed by atoms with Crippen LogP contribution in [0.25, 0.3) is 11.1 Å². The fourth-order valence-corrected chi connectivity index (χ4v) is 2.51. The maximum Gasteiger partial charge on any atom is 0.175 e.